The van der Waals surface area contributed by atoms with E-state index in [1.165, 1.54) is 10.4 Å². The second kappa shape index (κ2) is 6.67. The van der Waals surface area contributed by atoms with E-state index >= 15 is 0 Å². The first kappa shape index (κ1) is 17.4. The van der Waals surface area contributed by atoms with E-state index in [9.17, 15) is 14.4 Å². The average molecular weight is 338 g/mol. The number of likely N-dealkylation sites (N-methyl/N-ethyl adjacent to an activating group) is 1. The van der Waals surface area contributed by atoms with E-state index in [0.717, 1.165) is 5.01 Å². The smallest absolute Gasteiger partial charge is 0.322 e. The Morgan fingerprint density at radius 2 is 2.17 bits per heavy atom. The lowest BCUT2D eigenvalue weighted by Gasteiger charge is -2.21. The van der Waals surface area contributed by atoms with Gasteiger partial charge in [0.2, 0.25) is 0 Å². The van der Waals surface area contributed by atoms with Crippen LogP contribution >= 0.6 is 11.3 Å². The van der Waals surface area contributed by atoms with Crippen LogP contribution in [0.1, 0.15) is 30.7 Å². The Balaban J connectivity index is 1.91. The Labute approximate surface area is 139 Å². The average Bonchev–Trinajstić information content (AvgIpc) is 2.96. The number of carbonyl (C=O) groups excluding carboxylic acids is 3. The Morgan fingerprint density at radius 3 is 2.70 bits per heavy atom. The van der Waals surface area contributed by atoms with Gasteiger partial charge in [0.25, 0.3) is 11.8 Å². The fourth-order valence-electron chi connectivity index (χ4n) is 2.30. The number of hydrogen-bond acceptors (Lipinski definition) is 5. The molecule has 1 aliphatic rings. The van der Waals surface area contributed by atoms with Crippen LogP contribution in [0.25, 0.3) is 0 Å². The number of hydrazine groups is 1. The van der Waals surface area contributed by atoms with E-state index < -0.39 is 23.4 Å². The molecule has 1 unspecified atom stereocenters. The first-order valence-electron chi connectivity index (χ1n) is 7.44. The first-order valence-corrected chi connectivity index (χ1v) is 8.32. The summed E-state index contributed by atoms with van der Waals surface area (Å²) in [6.45, 7) is 6.21. The number of urea groups is 1. The molecule has 0 radical (unpaired) electrons. The predicted molar refractivity (Wildman–Crippen MR) is 87.6 cm³/mol. The summed E-state index contributed by atoms with van der Waals surface area (Å²) in [4.78, 5) is 39.2. The number of thiophene rings is 1. The molecule has 7 nitrogen and oxygen atoms in total. The normalized spacial score (nSPS) is 21.0. The van der Waals surface area contributed by atoms with Gasteiger partial charge in [0.05, 0.1) is 6.54 Å². The SMILES string of the molecule is CCC1(C)NC(=O)N(NC(=O)CN(C)Cc2sccc2C)C1=O. The zero-order valence-electron chi connectivity index (χ0n) is 13.8. The minimum absolute atomic E-state index is 0.0945. The molecule has 2 rings (SSSR count). The zero-order chi connectivity index (χ0) is 17.2. The van der Waals surface area contributed by atoms with Crippen LogP contribution in [0.5, 0.6) is 0 Å². The lowest BCUT2D eigenvalue weighted by atomic mass is 10.00. The van der Waals surface area contributed by atoms with Crippen molar-refractivity contribution in [2.75, 3.05) is 13.6 Å². The molecule has 0 bridgehead atoms. The maximum atomic E-state index is 12.2. The van der Waals surface area contributed by atoms with Crippen LogP contribution in [0.15, 0.2) is 11.4 Å². The van der Waals surface area contributed by atoms with Crippen molar-refractivity contribution >= 4 is 29.2 Å². The van der Waals surface area contributed by atoms with Gasteiger partial charge < -0.3 is 5.32 Å². The zero-order valence-corrected chi connectivity index (χ0v) is 14.6. The first-order chi connectivity index (χ1) is 10.8. The molecule has 4 amide bonds. The van der Waals surface area contributed by atoms with Gasteiger partial charge in [0.1, 0.15) is 5.54 Å². The fourth-order valence-corrected chi connectivity index (χ4v) is 3.28. The fraction of sp³-hybridized carbons (Fsp3) is 0.533. The minimum atomic E-state index is -0.954. The highest BCUT2D eigenvalue weighted by atomic mass is 32.1. The minimum Gasteiger partial charge on any atom is -0.322 e. The molecule has 0 spiro atoms. The van der Waals surface area contributed by atoms with E-state index in [-0.39, 0.29) is 6.54 Å². The van der Waals surface area contributed by atoms with Crippen LogP contribution in [0.3, 0.4) is 0 Å². The molecule has 1 fully saturated rings. The molecule has 1 aromatic rings. The Bertz CT molecular complexity index is 630. The number of hydrogen-bond donors (Lipinski definition) is 2. The molecule has 1 atom stereocenters. The topological polar surface area (TPSA) is 81.8 Å². The van der Waals surface area contributed by atoms with Crippen LogP contribution in [-0.4, -0.2) is 46.9 Å². The molecule has 1 aromatic heterocycles. The second-order valence-corrected chi connectivity index (χ2v) is 6.99. The van der Waals surface area contributed by atoms with Gasteiger partial charge in [-0.15, -0.1) is 11.3 Å². The van der Waals surface area contributed by atoms with Crippen molar-refractivity contribution < 1.29 is 14.4 Å². The maximum Gasteiger partial charge on any atom is 0.344 e. The van der Waals surface area contributed by atoms with Crippen molar-refractivity contribution in [3.63, 3.8) is 0 Å². The van der Waals surface area contributed by atoms with Gasteiger partial charge in [0, 0.05) is 11.4 Å². The number of nitrogens with zero attached hydrogens (tertiary/aromatic N) is 2. The lowest BCUT2D eigenvalue weighted by molar-refractivity contribution is -0.139. The third-order valence-corrected chi connectivity index (χ3v) is 5.01. The highest BCUT2D eigenvalue weighted by Crippen LogP contribution is 2.19. The third-order valence-electron chi connectivity index (χ3n) is 4.00. The van der Waals surface area contributed by atoms with Gasteiger partial charge in [-0.2, -0.15) is 5.01 Å². The molecule has 1 saturated heterocycles. The predicted octanol–water partition coefficient (Wildman–Crippen LogP) is 1.24. The summed E-state index contributed by atoms with van der Waals surface area (Å²) < 4.78 is 0. The van der Waals surface area contributed by atoms with Gasteiger partial charge in [-0.05, 0) is 44.3 Å². The number of carbonyl (C=O) groups is 3. The van der Waals surface area contributed by atoms with Crippen molar-refractivity contribution in [2.24, 2.45) is 0 Å². The number of aryl methyl sites for hydroxylation is 1. The number of amides is 4. The van der Waals surface area contributed by atoms with Gasteiger partial charge in [-0.1, -0.05) is 6.92 Å². The molecular formula is C15H22N4O3S. The highest BCUT2D eigenvalue weighted by Gasteiger charge is 2.47. The molecule has 0 saturated carbocycles. The van der Waals surface area contributed by atoms with Gasteiger partial charge in [-0.3, -0.25) is 19.9 Å². The molecule has 1 aliphatic heterocycles. The highest BCUT2D eigenvalue weighted by molar-refractivity contribution is 7.10. The number of imide groups is 1. The van der Waals surface area contributed by atoms with Gasteiger partial charge in [-0.25, -0.2) is 4.79 Å². The number of rotatable bonds is 6. The van der Waals surface area contributed by atoms with Crippen molar-refractivity contribution in [1.29, 1.82) is 0 Å². The van der Waals surface area contributed by atoms with E-state index in [0.29, 0.717) is 13.0 Å². The summed E-state index contributed by atoms with van der Waals surface area (Å²) in [5.74, 6) is -0.833. The summed E-state index contributed by atoms with van der Waals surface area (Å²) in [5.41, 5.74) is 2.62. The lowest BCUT2D eigenvalue weighted by Crippen LogP contribution is -2.50. The van der Waals surface area contributed by atoms with E-state index in [1.807, 2.05) is 30.3 Å². The molecule has 0 aliphatic carbocycles. The van der Waals surface area contributed by atoms with Crippen LogP contribution in [0.2, 0.25) is 0 Å². The Kier molecular flexibility index (Phi) is 5.06. The van der Waals surface area contributed by atoms with Crippen LogP contribution in [0.4, 0.5) is 4.79 Å². The third kappa shape index (κ3) is 3.70. The van der Waals surface area contributed by atoms with Gasteiger partial charge >= 0.3 is 6.03 Å². The second-order valence-electron chi connectivity index (χ2n) is 5.99. The molecule has 2 heterocycles. The van der Waals surface area contributed by atoms with E-state index in [2.05, 4.69) is 10.7 Å². The van der Waals surface area contributed by atoms with Gasteiger partial charge in [0.15, 0.2) is 0 Å². The van der Waals surface area contributed by atoms with Crippen LogP contribution in [0, 0.1) is 6.92 Å². The van der Waals surface area contributed by atoms with Crippen LogP contribution < -0.4 is 10.7 Å². The summed E-state index contributed by atoms with van der Waals surface area (Å²) >= 11 is 1.64. The number of nitrogens with one attached hydrogen (secondary N) is 2. The molecule has 2 N–H and O–H groups in total. The van der Waals surface area contributed by atoms with Crippen molar-refractivity contribution in [2.45, 2.75) is 39.3 Å². The standard InChI is InChI=1S/C15H22N4O3S/c1-5-15(3)13(21)19(14(22)16-15)17-12(20)9-18(4)8-11-10(2)6-7-23-11/h6-7H,5,8-9H2,1-4H3,(H,16,22)(H,17,20). The molecule has 23 heavy (non-hydrogen) atoms. The Morgan fingerprint density at radius 1 is 1.48 bits per heavy atom. The summed E-state index contributed by atoms with van der Waals surface area (Å²) in [5, 5.41) is 5.38. The molecule has 0 aromatic carbocycles. The Hall–Kier alpha value is -1.93. The maximum absolute atomic E-state index is 12.2. The molecular weight excluding hydrogens is 316 g/mol. The van der Waals surface area contributed by atoms with Crippen LogP contribution in [-0.2, 0) is 16.1 Å². The summed E-state index contributed by atoms with van der Waals surface area (Å²) in [7, 11) is 1.82. The largest absolute Gasteiger partial charge is 0.344 e. The molecule has 8 heteroatoms. The van der Waals surface area contributed by atoms with E-state index in [1.54, 1.807) is 25.2 Å². The molecule has 126 valence electrons. The van der Waals surface area contributed by atoms with Crippen molar-refractivity contribution in [1.82, 2.24) is 20.7 Å². The van der Waals surface area contributed by atoms with Crippen molar-refractivity contribution in [3.8, 4) is 0 Å². The van der Waals surface area contributed by atoms with E-state index in [4.69, 9.17) is 0 Å². The summed E-state index contributed by atoms with van der Waals surface area (Å²) in [6.07, 6.45) is 0.460. The quantitative estimate of drug-likeness (QED) is 0.765. The summed E-state index contributed by atoms with van der Waals surface area (Å²) in [6, 6.07) is 1.44. The van der Waals surface area contributed by atoms with Crippen molar-refractivity contribution in [3.05, 3.63) is 21.9 Å². The monoisotopic (exact) mass is 338 g/mol.